The molecule has 1 aliphatic heterocycles. The Hall–Kier alpha value is -0.870. The summed E-state index contributed by atoms with van der Waals surface area (Å²) in [5.41, 5.74) is 0.802. The van der Waals surface area contributed by atoms with E-state index >= 15 is 0 Å². The van der Waals surface area contributed by atoms with Crippen LogP contribution < -0.4 is 0 Å². The molecule has 1 unspecified atom stereocenters. The molecule has 4 nitrogen and oxygen atoms in total. The van der Waals surface area contributed by atoms with Crippen LogP contribution >= 0.6 is 18.2 Å². The number of carbonyl (C=O) groups is 1. The van der Waals surface area contributed by atoms with Crippen molar-refractivity contribution < 1.29 is 18.4 Å². The zero-order valence-electron chi connectivity index (χ0n) is 14.6. The molecule has 1 aromatic rings. The Labute approximate surface area is 148 Å². The second kappa shape index (κ2) is 8.01. The lowest BCUT2D eigenvalue weighted by Gasteiger charge is -2.34. The van der Waals surface area contributed by atoms with Gasteiger partial charge in [0.1, 0.15) is 0 Å². The van der Waals surface area contributed by atoms with E-state index in [1.165, 1.54) is 0 Å². The van der Waals surface area contributed by atoms with Crippen molar-refractivity contribution in [1.29, 1.82) is 0 Å². The molecule has 1 heterocycles. The number of rotatable bonds is 6. The zero-order valence-corrected chi connectivity index (χ0v) is 16.3. The van der Waals surface area contributed by atoms with Crippen molar-refractivity contribution in [2.24, 2.45) is 11.3 Å². The summed E-state index contributed by atoms with van der Waals surface area (Å²) in [6, 6.07) is 9.62. The van der Waals surface area contributed by atoms with Gasteiger partial charge in [-0.1, -0.05) is 64.1 Å². The minimum absolute atomic E-state index is 0.0240. The van der Waals surface area contributed by atoms with E-state index in [0.29, 0.717) is 13.2 Å². The third kappa shape index (κ3) is 5.59. The van der Waals surface area contributed by atoms with Crippen LogP contribution in [-0.4, -0.2) is 24.2 Å². The van der Waals surface area contributed by atoms with Crippen molar-refractivity contribution in [1.82, 2.24) is 0 Å². The number of benzene rings is 1. The molecule has 1 fully saturated rings. The van der Waals surface area contributed by atoms with Gasteiger partial charge in [0, 0.05) is 5.41 Å². The van der Waals surface area contributed by atoms with Crippen molar-refractivity contribution in [2.75, 3.05) is 13.2 Å². The third-order valence-corrected chi connectivity index (χ3v) is 7.84. The standard InChI is InChI=1S/C18H25O4PS/c1-14(2)17(16(19)11-10-15-8-6-5-7-9-15)24-23(20)21-12-18(3,4)13-22-23/h5-11,14,17H,12-13H2,1-4H3/b11-10+. The highest BCUT2D eigenvalue weighted by Gasteiger charge is 2.41. The number of allylic oxidation sites excluding steroid dienone is 1. The van der Waals surface area contributed by atoms with Crippen molar-refractivity contribution in [3.05, 3.63) is 42.0 Å². The van der Waals surface area contributed by atoms with Gasteiger partial charge in [0.05, 0.1) is 18.5 Å². The first kappa shape index (κ1) is 19.5. The minimum Gasteiger partial charge on any atom is -0.300 e. The molecule has 1 saturated heterocycles. The van der Waals surface area contributed by atoms with Crippen LogP contribution in [0.4, 0.5) is 0 Å². The molecule has 0 bridgehead atoms. The molecule has 24 heavy (non-hydrogen) atoms. The SMILES string of the molecule is CC(C)C(SP1(=O)OCC(C)(C)CO1)C(=O)/C=C/c1ccccc1. The van der Waals surface area contributed by atoms with Gasteiger partial charge in [-0.05, 0) is 28.9 Å². The Bertz CT molecular complexity index is 626. The van der Waals surface area contributed by atoms with Crippen LogP contribution in [0.1, 0.15) is 33.3 Å². The minimum atomic E-state index is -3.29. The van der Waals surface area contributed by atoms with Crippen LogP contribution in [0.25, 0.3) is 6.08 Å². The Balaban J connectivity index is 2.05. The van der Waals surface area contributed by atoms with E-state index in [-0.39, 0.29) is 17.1 Å². The van der Waals surface area contributed by atoms with Gasteiger partial charge < -0.3 is 9.05 Å². The summed E-state index contributed by atoms with van der Waals surface area (Å²) < 4.78 is 23.7. The van der Waals surface area contributed by atoms with Crippen LogP contribution in [-0.2, 0) is 18.4 Å². The highest BCUT2D eigenvalue weighted by atomic mass is 32.7. The first-order valence-corrected chi connectivity index (χ1v) is 11.1. The van der Waals surface area contributed by atoms with E-state index in [4.69, 9.17) is 9.05 Å². The maximum atomic E-state index is 12.8. The van der Waals surface area contributed by atoms with Gasteiger partial charge in [-0.3, -0.25) is 4.79 Å². The first-order valence-electron chi connectivity index (χ1n) is 8.05. The van der Waals surface area contributed by atoms with Crippen LogP contribution in [0.3, 0.4) is 0 Å². The molecule has 1 aliphatic rings. The summed E-state index contributed by atoms with van der Waals surface area (Å²) in [5, 5.41) is -0.461. The third-order valence-electron chi connectivity index (χ3n) is 3.60. The summed E-state index contributed by atoms with van der Waals surface area (Å²) in [6.07, 6.45) is 3.33. The number of hydrogen-bond donors (Lipinski definition) is 0. The number of hydrogen-bond acceptors (Lipinski definition) is 5. The fourth-order valence-electron chi connectivity index (χ4n) is 2.13. The largest absolute Gasteiger partial charge is 0.389 e. The monoisotopic (exact) mass is 368 g/mol. The molecule has 0 amide bonds. The molecule has 6 heteroatoms. The van der Waals surface area contributed by atoms with Crippen LogP contribution in [0, 0.1) is 11.3 Å². The quantitative estimate of drug-likeness (QED) is 0.510. The van der Waals surface area contributed by atoms with Gasteiger partial charge in [-0.2, -0.15) is 0 Å². The average Bonchev–Trinajstić information content (AvgIpc) is 2.54. The van der Waals surface area contributed by atoms with Gasteiger partial charge in [0.25, 0.3) is 0 Å². The molecule has 0 aromatic heterocycles. The average molecular weight is 368 g/mol. The van der Waals surface area contributed by atoms with E-state index < -0.39 is 12.0 Å². The van der Waals surface area contributed by atoms with Crippen LogP contribution in [0.2, 0.25) is 0 Å². The van der Waals surface area contributed by atoms with E-state index in [1.807, 2.05) is 58.0 Å². The van der Waals surface area contributed by atoms with Gasteiger partial charge in [0.2, 0.25) is 0 Å². The zero-order chi connectivity index (χ0) is 17.8. The fraction of sp³-hybridized carbons (Fsp3) is 0.500. The molecule has 0 N–H and O–H groups in total. The van der Waals surface area contributed by atoms with Crippen molar-refractivity contribution >= 4 is 30.0 Å². The van der Waals surface area contributed by atoms with E-state index in [9.17, 15) is 9.36 Å². The summed E-state index contributed by atoms with van der Waals surface area (Å²) in [4.78, 5) is 12.6. The number of carbonyl (C=O) groups excluding carboxylic acids is 1. The van der Waals surface area contributed by atoms with Gasteiger partial charge in [-0.25, -0.2) is 4.57 Å². The highest BCUT2D eigenvalue weighted by Crippen LogP contribution is 2.66. The summed E-state index contributed by atoms with van der Waals surface area (Å²) >= 11 is 1.03. The molecule has 0 radical (unpaired) electrons. The smallest absolute Gasteiger partial charge is 0.300 e. The lowest BCUT2D eigenvalue weighted by Crippen LogP contribution is -2.30. The molecule has 0 spiro atoms. The van der Waals surface area contributed by atoms with Crippen molar-refractivity contribution in [2.45, 2.75) is 32.9 Å². The van der Waals surface area contributed by atoms with E-state index in [2.05, 4.69) is 0 Å². The van der Waals surface area contributed by atoms with Crippen molar-refractivity contribution in [3.63, 3.8) is 0 Å². The molecular weight excluding hydrogens is 343 g/mol. The fourth-order valence-corrected chi connectivity index (χ4v) is 6.60. The van der Waals surface area contributed by atoms with Gasteiger partial charge in [-0.15, -0.1) is 0 Å². The molecule has 0 aliphatic carbocycles. The van der Waals surface area contributed by atoms with Crippen molar-refractivity contribution in [3.8, 4) is 0 Å². The molecule has 1 atom stereocenters. The molecular formula is C18H25O4PS. The second-order valence-electron chi connectivity index (χ2n) is 7.07. The number of ketones is 1. The Morgan fingerprint density at radius 3 is 2.33 bits per heavy atom. The van der Waals surface area contributed by atoms with E-state index in [1.54, 1.807) is 12.2 Å². The lowest BCUT2D eigenvalue weighted by molar-refractivity contribution is -0.114. The molecule has 1 aromatic carbocycles. The highest BCUT2D eigenvalue weighted by molar-refractivity contribution is 8.55. The topological polar surface area (TPSA) is 52.6 Å². The Morgan fingerprint density at radius 2 is 1.79 bits per heavy atom. The molecule has 0 saturated carbocycles. The maximum absolute atomic E-state index is 12.8. The lowest BCUT2D eigenvalue weighted by atomic mass is 9.97. The second-order valence-corrected chi connectivity index (χ2v) is 11.2. The summed E-state index contributed by atoms with van der Waals surface area (Å²) in [7, 11) is 0. The van der Waals surface area contributed by atoms with Gasteiger partial charge in [0.15, 0.2) is 5.78 Å². The molecule has 2 rings (SSSR count). The summed E-state index contributed by atoms with van der Waals surface area (Å²) in [6.45, 7) is 5.31. The van der Waals surface area contributed by atoms with Crippen LogP contribution in [0.5, 0.6) is 0 Å². The Kier molecular flexibility index (Phi) is 6.49. The predicted octanol–water partition coefficient (Wildman–Crippen LogP) is 5.21. The summed E-state index contributed by atoms with van der Waals surface area (Å²) in [5.74, 6) is -0.0537. The van der Waals surface area contributed by atoms with Crippen LogP contribution in [0.15, 0.2) is 36.4 Å². The maximum Gasteiger partial charge on any atom is 0.389 e. The predicted molar refractivity (Wildman–Crippen MR) is 100.0 cm³/mol. The van der Waals surface area contributed by atoms with E-state index in [0.717, 1.165) is 16.9 Å². The first-order chi connectivity index (χ1) is 11.2. The molecule has 132 valence electrons. The normalized spacial score (nSPS) is 21.0. The Morgan fingerprint density at radius 1 is 1.21 bits per heavy atom. The van der Waals surface area contributed by atoms with Gasteiger partial charge >= 0.3 is 6.80 Å².